The highest BCUT2D eigenvalue weighted by molar-refractivity contribution is 7.46. The zero-order valence-corrected chi connectivity index (χ0v) is 18.5. The number of anilines is 1. The fraction of sp³-hybridized carbons (Fsp3) is 0.389. The van der Waals surface area contributed by atoms with Crippen molar-refractivity contribution in [1.82, 2.24) is 19.5 Å². The largest absolute Gasteiger partial charge is 0.495 e. The molecule has 180 valence electrons. The van der Waals surface area contributed by atoms with Crippen LogP contribution in [-0.2, 0) is 23.1 Å². The Morgan fingerprint density at radius 1 is 1.21 bits per heavy atom. The predicted octanol–water partition coefficient (Wildman–Crippen LogP) is -1.41. The summed E-state index contributed by atoms with van der Waals surface area (Å²) in [6.07, 6.45) is -1.39. The van der Waals surface area contributed by atoms with Crippen LogP contribution in [0.2, 0.25) is 0 Å². The number of phosphoric acid groups is 1. The number of phosphoric ester groups is 1. The first-order chi connectivity index (χ1) is 16.3. The summed E-state index contributed by atoms with van der Waals surface area (Å²) in [7, 11) is -5.66. The summed E-state index contributed by atoms with van der Waals surface area (Å²) in [5.41, 5.74) is 13.4. The average molecular weight is 492 g/mol. The zero-order chi connectivity index (χ0) is 24.0. The van der Waals surface area contributed by atoms with Crippen molar-refractivity contribution in [3.8, 4) is 0 Å². The highest BCUT2D eigenvalue weighted by Gasteiger charge is 2.56. The fourth-order valence-corrected chi connectivity index (χ4v) is 4.56. The molecule has 34 heavy (non-hydrogen) atoms. The zero-order valence-electron chi connectivity index (χ0n) is 17.6. The van der Waals surface area contributed by atoms with Crippen LogP contribution in [0.3, 0.4) is 0 Å². The molecule has 0 spiro atoms. The van der Waals surface area contributed by atoms with Gasteiger partial charge < -0.3 is 40.4 Å². The molecule has 2 aromatic heterocycles. The molecule has 0 saturated carbocycles. The van der Waals surface area contributed by atoms with Crippen LogP contribution in [0.25, 0.3) is 11.2 Å². The lowest BCUT2D eigenvalue weighted by molar-refractivity contribution is -0.0562. The average Bonchev–Trinajstić information content (AvgIpc) is 3.51. The number of aliphatic hydroxyl groups excluding tert-OH is 1. The van der Waals surface area contributed by atoms with Crippen LogP contribution in [0.5, 0.6) is 0 Å². The van der Waals surface area contributed by atoms with Crippen LogP contribution in [0.15, 0.2) is 36.9 Å². The summed E-state index contributed by atoms with van der Waals surface area (Å²) >= 11 is 0. The minimum absolute atomic E-state index is 0.00320. The van der Waals surface area contributed by atoms with Gasteiger partial charge in [-0.25, -0.2) is 19.5 Å². The molecule has 0 aliphatic carbocycles. The van der Waals surface area contributed by atoms with Gasteiger partial charge in [-0.15, -0.1) is 0 Å². The summed E-state index contributed by atoms with van der Waals surface area (Å²) in [6.45, 7) is -0.446. The Morgan fingerprint density at radius 2 is 1.97 bits per heavy atom. The van der Waals surface area contributed by atoms with Crippen molar-refractivity contribution in [2.75, 3.05) is 18.9 Å². The van der Waals surface area contributed by atoms with E-state index in [-0.39, 0.29) is 12.4 Å². The molecular formula is C18H22BN6O8P. The van der Waals surface area contributed by atoms with Gasteiger partial charge in [0.05, 0.1) is 19.0 Å². The first kappa shape index (κ1) is 23.3. The van der Waals surface area contributed by atoms with Crippen LogP contribution in [0.4, 0.5) is 5.82 Å². The van der Waals surface area contributed by atoms with Crippen molar-refractivity contribution in [1.29, 1.82) is 0 Å². The van der Waals surface area contributed by atoms with Crippen LogP contribution in [-0.4, -0.2) is 73.0 Å². The monoisotopic (exact) mass is 492 g/mol. The second kappa shape index (κ2) is 8.96. The van der Waals surface area contributed by atoms with Crippen molar-refractivity contribution >= 4 is 37.4 Å². The highest BCUT2D eigenvalue weighted by Crippen LogP contribution is 2.43. The quantitative estimate of drug-likeness (QED) is 0.190. The van der Waals surface area contributed by atoms with E-state index in [1.165, 1.54) is 12.7 Å². The van der Waals surface area contributed by atoms with Crippen LogP contribution in [0.1, 0.15) is 17.9 Å². The van der Waals surface area contributed by atoms with E-state index in [4.69, 9.17) is 30.0 Å². The number of imidazole rings is 1. The Kier molecular flexibility index (Phi) is 6.14. The van der Waals surface area contributed by atoms with Gasteiger partial charge >= 0.3 is 14.9 Å². The second-order valence-corrected chi connectivity index (χ2v) is 9.09. The smallest absolute Gasteiger partial charge is 0.399 e. The van der Waals surface area contributed by atoms with Gasteiger partial charge in [0.25, 0.3) is 0 Å². The van der Waals surface area contributed by atoms with Crippen LogP contribution in [0, 0.1) is 0 Å². The molecule has 0 amide bonds. The molecule has 2 aliphatic rings. The minimum Gasteiger partial charge on any atom is -0.399 e. The number of aromatic nitrogens is 4. The van der Waals surface area contributed by atoms with E-state index in [1.54, 1.807) is 28.8 Å². The van der Waals surface area contributed by atoms with Crippen molar-refractivity contribution in [3.63, 3.8) is 0 Å². The van der Waals surface area contributed by atoms with Crippen molar-refractivity contribution in [2.24, 2.45) is 5.73 Å². The van der Waals surface area contributed by atoms with E-state index < -0.39 is 52.2 Å². The van der Waals surface area contributed by atoms with Gasteiger partial charge in [-0.2, -0.15) is 0 Å². The molecule has 0 bridgehead atoms. The molecular weight excluding hydrogens is 470 g/mol. The molecule has 7 N–H and O–H groups in total. The van der Waals surface area contributed by atoms with E-state index >= 15 is 0 Å². The van der Waals surface area contributed by atoms with Crippen molar-refractivity contribution < 1.29 is 38.0 Å². The van der Waals surface area contributed by atoms with Gasteiger partial charge in [-0.3, -0.25) is 9.09 Å². The van der Waals surface area contributed by atoms with E-state index in [1.807, 2.05) is 0 Å². The molecule has 16 heteroatoms. The SMILES string of the molecule is NC[C@@H](O)c1ccccc1B1O[C@@H]2[C@H](O1)[C@@H](COP(=O)(O)O)O[C@H]2n1cnc2c(N)ncnc21. The molecule has 3 aromatic rings. The molecule has 14 nitrogen and oxygen atoms in total. The lowest BCUT2D eigenvalue weighted by Gasteiger charge is -2.21. The predicted molar refractivity (Wildman–Crippen MR) is 117 cm³/mol. The van der Waals surface area contributed by atoms with Gasteiger partial charge in [0.15, 0.2) is 17.7 Å². The Balaban J connectivity index is 1.49. The van der Waals surface area contributed by atoms with Crippen LogP contribution >= 0.6 is 7.82 Å². The molecule has 0 unspecified atom stereocenters. The summed E-state index contributed by atoms with van der Waals surface area (Å²) in [5, 5.41) is 10.3. The van der Waals surface area contributed by atoms with E-state index in [0.717, 1.165) is 0 Å². The van der Waals surface area contributed by atoms with Gasteiger partial charge in [0, 0.05) is 6.54 Å². The third-order valence-electron chi connectivity index (χ3n) is 5.75. The number of nitrogen functional groups attached to an aromatic ring is 1. The first-order valence-corrected chi connectivity index (χ1v) is 11.9. The van der Waals surface area contributed by atoms with E-state index in [2.05, 4.69) is 15.0 Å². The number of aliphatic hydroxyl groups is 1. The molecule has 0 radical (unpaired) electrons. The summed E-state index contributed by atoms with van der Waals surface area (Å²) in [5.74, 6) is 0.186. The molecule has 5 atom stereocenters. The molecule has 5 rings (SSSR count). The number of hydrogen-bond donors (Lipinski definition) is 5. The number of benzene rings is 1. The van der Waals surface area contributed by atoms with Gasteiger partial charge in [-0.05, 0) is 11.0 Å². The highest BCUT2D eigenvalue weighted by atomic mass is 31.2. The van der Waals surface area contributed by atoms with Crippen molar-refractivity contribution in [2.45, 2.75) is 30.6 Å². The summed E-state index contributed by atoms with van der Waals surface area (Å²) in [4.78, 5) is 30.7. The van der Waals surface area contributed by atoms with Crippen LogP contribution < -0.4 is 16.9 Å². The Labute approximate surface area is 193 Å². The second-order valence-electron chi connectivity index (χ2n) is 7.85. The molecule has 2 fully saturated rings. The maximum Gasteiger partial charge on any atom is 0.495 e. The molecule has 1 aromatic carbocycles. The van der Waals surface area contributed by atoms with Gasteiger partial charge in [0.2, 0.25) is 0 Å². The lowest BCUT2D eigenvalue weighted by atomic mass is 9.75. The fourth-order valence-electron chi connectivity index (χ4n) is 4.22. The van der Waals surface area contributed by atoms with E-state index in [0.29, 0.717) is 22.2 Å². The number of ether oxygens (including phenoxy) is 1. The third-order valence-corrected chi connectivity index (χ3v) is 6.23. The standard InChI is InChI=1S/C18H22BN6O8P/c20-5-11(26)9-3-1-2-4-10(9)19-32-14-12(6-30-34(27,28)29)31-18(15(14)33-19)25-8-24-13-16(21)22-7-23-17(13)25/h1-4,7-8,11-12,14-15,18,26H,5-6,20H2,(H2,21,22,23)(H2,27,28,29)/t11-,12-,14-,15-,18-/m1/s1. The van der Waals surface area contributed by atoms with Crippen molar-refractivity contribution in [3.05, 3.63) is 42.5 Å². The maximum absolute atomic E-state index is 11.3. The Hall–Kier alpha value is -2.46. The number of rotatable bonds is 7. The summed E-state index contributed by atoms with van der Waals surface area (Å²) in [6, 6.07) is 7.00. The summed E-state index contributed by atoms with van der Waals surface area (Å²) < 4.78 is 36.0. The number of nitrogens with two attached hydrogens (primary N) is 2. The Morgan fingerprint density at radius 3 is 2.74 bits per heavy atom. The molecule has 2 saturated heterocycles. The normalized spacial score (nSPS) is 25.7. The maximum atomic E-state index is 11.3. The Bertz CT molecular complexity index is 1240. The number of fused-ring (bicyclic) bond motifs is 2. The minimum atomic E-state index is -4.76. The van der Waals surface area contributed by atoms with E-state index in [9.17, 15) is 19.5 Å². The number of hydrogen-bond acceptors (Lipinski definition) is 11. The third kappa shape index (κ3) is 4.22. The molecule has 4 heterocycles. The van der Waals surface area contributed by atoms with Gasteiger partial charge in [-0.1, -0.05) is 24.3 Å². The molecule has 2 aliphatic heterocycles. The number of nitrogens with zero attached hydrogens (tertiary/aromatic N) is 4. The first-order valence-electron chi connectivity index (χ1n) is 10.3. The lowest BCUT2D eigenvalue weighted by Crippen LogP contribution is -2.39. The van der Waals surface area contributed by atoms with Gasteiger partial charge in [0.1, 0.15) is 30.2 Å². The topological polar surface area (TPSA) is 210 Å².